The van der Waals surface area contributed by atoms with Gasteiger partial charge in [-0.2, -0.15) is 0 Å². The third-order valence-corrected chi connectivity index (χ3v) is 5.88. The lowest BCUT2D eigenvalue weighted by Gasteiger charge is -2.07. The van der Waals surface area contributed by atoms with Gasteiger partial charge in [0.25, 0.3) is 5.91 Å². The molecule has 3 aromatic rings. The first kappa shape index (κ1) is 19.1. The number of hydrogen-bond acceptors (Lipinski definition) is 4. The molecule has 0 spiro atoms. The molecule has 4 nitrogen and oxygen atoms in total. The van der Waals surface area contributed by atoms with Gasteiger partial charge in [-0.1, -0.05) is 47.1 Å². The van der Waals surface area contributed by atoms with Gasteiger partial charge < -0.3 is 4.74 Å². The molecule has 0 saturated carbocycles. The van der Waals surface area contributed by atoms with Crippen molar-refractivity contribution >= 4 is 54.2 Å². The molecule has 1 N–H and O–H groups in total. The number of para-hydroxylation sites is 1. The van der Waals surface area contributed by atoms with E-state index in [4.69, 9.17) is 4.74 Å². The maximum absolute atomic E-state index is 12.2. The van der Waals surface area contributed by atoms with Crippen LogP contribution in [0.2, 0.25) is 0 Å². The van der Waals surface area contributed by atoms with Gasteiger partial charge in [0.1, 0.15) is 5.75 Å². The second-order valence-corrected chi connectivity index (χ2v) is 8.27. The maximum atomic E-state index is 12.2. The second-order valence-electron chi connectivity index (χ2n) is 5.42. The number of halogens is 2. The predicted octanol–water partition coefficient (Wildman–Crippen LogP) is 5.92. The molecule has 0 radical (unpaired) electrons. The number of benzene rings is 2. The van der Waals surface area contributed by atoms with E-state index in [1.165, 1.54) is 11.3 Å². The highest BCUT2D eigenvalue weighted by Crippen LogP contribution is 2.32. The Hall–Kier alpha value is -1.70. The molecule has 1 aromatic heterocycles. The van der Waals surface area contributed by atoms with Crippen LogP contribution in [-0.4, -0.2) is 17.5 Å². The van der Waals surface area contributed by atoms with E-state index in [1.807, 2.05) is 48.5 Å². The minimum atomic E-state index is -0.237. The summed E-state index contributed by atoms with van der Waals surface area (Å²) in [6.45, 7) is 2.01. The summed E-state index contributed by atoms with van der Waals surface area (Å²) in [7, 11) is 0. The van der Waals surface area contributed by atoms with Crippen molar-refractivity contribution in [3.8, 4) is 17.0 Å². The highest BCUT2D eigenvalue weighted by atomic mass is 79.9. The summed E-state index contributed by atoms with van der Waals surface area (Å²) >= 11 is 8.33. The number of nitrogens with one attached hydrogen (secondary N) is 1. The molecule has 3 rings (SSSR count). The highest BCUT2D eigenvalue weighted by molar-refractivity contribution is 9.10. The predicted molar refractivity (Wildman–Crippen MR) is 113 cm³/mol. The van der Waals surface area contributed by atoms with Crippen LogP contribution in [0, 0.1) is 0 Å². The van der Waals surface area contributed by atoms with Gasteiger partial charge >= 0.3 is 0 Å². The number of amides is 1. The largest absolute Gasteiger partial charge is 0.483 e. The summed E-state index contributed by atoms with van der Waals surface area (Å²) in [6, 6.07) is 15.4. The van der Waals surface area contributed by atoms with E-state index in [0.29, 0.717) is 10.9 Å². The lowest BCUT2D eigenvalue weighted by atomic mass is 10.1. The number of anilines is 1. The monoisotopic (exact) mass is 494 g/mol. The number of carbonyl (C=O) groups excluding carboxylic acids is 1. The summed E-state index contributed by atoms with van der Waals surface area (Å²) in [6.07, 6.45) is 0.854. The number of rotatable bonds is 6. The van der Waals surface area contributed by atoms with E-state index < -0.39 is 0 Å². The van der Waals surface area contributed by atoms with E-state index in [-0.39, 0.29) is 12.5 Å². The van der Waals surface area contributed by atoms with Gasteiger partial charge in [-0.15, -0.1) is 11.3 Å². The minimum absolute atomic E-state index is 0.0722. The first-order chi connectivity index (χ1) is 12.6. The highest BCUT2D eigenvalue weighted by Gasteiger charge is 2.14. The Balaban J connectivity index is 1.69. The number of nitrogens with zero attached hydrogens (tertiary/aromatic N) is 1. The molecule has 0 aliphatic heterocycles. The van der Waals surface area contributed by atoms with Crippen LogP contribution in [0.5, 0.6) is 5.75 Å². The lowest BCUT2D eigenvalue weighted by Crippen LogP contribution is -2.20. The van der Waals surface area contributed by atoms with Gasteiger partial charge in [0.2, 0.25) is 0 Å². The third-order valence-electron chi connectivity index (χ3n) is 3.58. The molecule has 1 amide bonds. The average Bonchev–Trinajstić information content (AvgIpc) is 3.04. The maximum Gasteiger partial charge on any atom is 0.264 e. The van der Waals surface area contributed by atoms with E-state index in [9.17, 15) is 4.79 Å². The first-order valence-electron chi connectivity index (χ1n) is 7.99. The lowest BCUT2D eigenvalue weighted by molar-refractivity contribution is -0.118. The Morgan fingerprint density at radius 3 is 2.58 bits per heavy atom. The van der Waals surface area contributed by atoms with Crippen molar-refractivity contribution in [3.63, 3.8) is 0 Å². The second kappa shape index (κ2) is 8.79. The standard InChI is InChI=1S/C19H16Br2N2O2S/c1-2-16-18(12-7-9-13(20)10-8-12)23-19(26-16)22-17(24)11-25-15-6-4-3-5-14(15)21/h3-10H,2,11H2,1H3,(H,22,23,24). The minimum Gasteiger partial charge on any atom is -0.483 e. The van der Waals surface area contributed by atoms with Crippen LogP contribution in [0.15, 0.2) is 57.5 Å². The fraction of sp³-hybridized carbons (Fsp3) is 0.158. The molecule has 134 valence electrons. The molecule has 2 aromatic carbocycles. The summed E-state index contributed by atoms with van der Waals surface area (Å²) < 4.78 is 7.38. The molecule has 0 fully saturated rings. The van der Waals surface area contributed by atoms with Gasteiger partial charge in [-0.05, 0) is 46.6 Å². The first-order valence-corrected chi connectivity index (χ1v) is 10.4. The van der Waals surface area contributed by atoms with Crippen LogP contribution in [0.4, 0.5) is 5.13 Å². The smallest absolute Gasteiger partial charge is 0.264 e. The Kier molecular flexibility index (Phi) is 6.45. The number of hydrogen-bond donors (Lipinski definition) is 1. The molecule has 1 heterocycles. The number of aryl methyl sites for hydroxylation is 1. The van der Waals surface area contributed by atoms with Crippen LogP contribution >= 0.6 is 43.2 Å². The summed E-state index contributed by atoms with van der Waals surface area (Å²) in [4.78, 5) is 17.9. The molecule has 26 heavy (non-hydrogen) atoms. The van der Waals surface area contributed by atoms with Crippen molar-refractivity contribution in [3.05, 3.63) is 62.4 Å². The van der Waals surface area contributed by atoms with E-state index in [1.54, 1.807) is 0 Å². The van der Waals surface area contributed by atoms with Gasteiger partial charge in [0.05, 0.1) is 10.2 Å². The molecule has 0 unspecified atom stereocenters. The van der Waals surface area contributed by atoms with Gasteiger partial charge in [0.15, 0.2) is 11.7 Å². The number of carbonyl (C=O) groups is 1. The van der Waals surface area contributed by atoms with Crippen molar-refractivity contribution in [1.29, 1.82) is 0 Å². The quantitative estimate of drug-likeness (QED) is 0.462. The molecular formula is C19H16Br2N2O2S. The summed E-state index contributed by atoms with van der Waals surface area (Å²) in [5, 5.41) is 3.41. The van der Waals surface area contributed by atoms with Crippen molar-refractivity contribution in [2.75, 3.05) is 11.9 Å². The normalized spacial score (nSPS) is 10.6. The van der Waals surface area contributed by atoms with E-state index >= 15 is 0 Å². The fourth-order valence-electron chi connectivity index (χ4n) is 2.34. The average molecular weight is 496 g/mol. The van der Waals surface area contributed by atoms with Crippen LogP contribution in [0.3, 0.4) is 0 Å². The molecule has 7 heteroatoms. The van der Waals surface area contributed by atoms with Gasteiger partial charge in [-0.25, -0.2) is 4.98 Å². The molecule has 0 aliphatic carbocycles. The van der Waals surface area contributed by atoms with Crippen molar-refractivity contribution in [2.45, 2.75) is 13.3 Å². The Labute approximate surface area is 172 Å². The number of aromatic nitrogens is 1. The molecule has 0 bridgehead atoms. The number of ether oxygens (including phenoxy) is 1. The summed E-state index contributed by atoms with van der Waals surface area (Å²) in [5.41, 5.74) is 1.94. The zero-order chi connectivity index (χ0) is 18.5. The van der Waals surface area contributed by atoms with Crippen molar-refractivity contribution in [1.82, 2.24) is 4.98 Å². The van der Waals surface area contributed by atoms with Gasteiger partial charge in [-0.3, -0.25) is 10.1 Å². The topological polar surface area (TPSA) is 51.2 Å². The Bertz CT molecular complexity index is 910. The SMILES string of the molecule is CCc1sc(NC(=O)COc2ccccc2Br)nc1-c1ccc(Br)cc1. The van der Waals surface area contributed by atoms with Crippen LogP contribution in [0.1, 0.15) is 11.8 Å². The molecule has 0 atom stereocenters. The van der Waals surface area contributed by atoms with Crippen molar-refractivity contribution in [2.24, 2.45) is 0 Å². The summed E-state index contributed by atoms with van der Waals surface area (Å²) in [5.74, 6) is 0.395. The van der Waals surface area contributed by atoms with Gasteiger partial charge in [0, 0.05) is 14.9 Å². The molecule has 0 saturated heterocycles. The molecular weight excluding hydrogens is 480 g/mol. The van der Waals surface area contributed by atoms with Crippen LogP contribution in [0.25, 0.3) is 11.3 Å². The van der Waals surface area contributed by atoms with Crippen LogP contribution in [-0.2, 0) is 11.2 Å². The zero-order valence-corrected chi connectivity index (χ0v) is 17.9. The van der Waals surface area contributed by atoms with E-state index in [2.05, 4.69) is 49.1 Å². The van der Waals surface area contributed by atoms with Crippen LogP contribution < -0.4 is 10.1 Å². The fourth-order valence-corrected chi connectivity index (χ4v) is 3.94. The zero-order valence-electron chi connectivity index (χ0n) is 14.0. The van der Waals surface area contributed by atoms with Crippen molar-refractivity contribution < 1.29 is 9.53 Å². The van der Waals surface area contributed by atoms with E-state index in [0.717, 1.165) is 31.5 Å². The number of thiazole rings is 1. The Morgan fingerprint density at radius 1 is 1.15 bits per heavy atom. The molecule has 0 aliphatic rings. The third kappa shape index (κ3) is 4.72. The Morgan fingerprint density at radius 2 is 1.88 bits per heavy atom.